The van der Waals surface area contributed by atoms with E-state index in [9.17, 15) is 9.59 Å². The van der Waals surface area contributed by atoms with Gasteiger partial charge in [0.1, 0.15) is 0 Å². The third-order valence-corrected chi connectivity index (χ3v) is 4.40. The second-order valence-corrected chi connectivity index (χ2v) is 6.56. The van der Waals surface area contributed by atoms with Crippen LogP contribution in [0.1, 0.15) is 24.8 Å². The van der Waals surface area contributed by atoms with Gasteiger partial charge in [0, 0.05) is 31.0 Å². The number of hydrogen-bond donors (Lipinski definition) is 0. The molecule has 0 N–H and O–H groups in total. The van der Waals surface area contributed by atoms with Crippen LogP contribution in [0, 0.1) is 5.92 Å². The monoisotopic (exact) mass is 352 g/mol. The number of halogens is 1. The lowest BCUT2D eigenvalue weighted by atomic mass is 10.1. The van der Waals surface area contributed by atoms with Crippen LogP contribution < -0.4 is 0 Å². The molecule has 2 rings (SSSR count). The molecule has 1 fully saturated rings. The van der Waals surface area contributed by atoms with Crippen LogP contribution in [0.15, 0.2) is 28.7 Å². The third-order valence-electron chi connectivity index (χ3n) is 3.90. The Balaban J connectivity index is 1.99. The molecule has 0 spiro atoms. The lowest BCUT2D eigenvalue weighted by Crippen LogP contribution is -2.41. The SMILES string of the molecule is CCN(CC(=O)N(C)C)C(=O)[C@H]1C[C@@H]1c1cccc(Br)c1. The fraction of sp³-hybridized carbons (Fsp3) is 0.500. The van der Waals surface area contributed by atoms with E-state index in [1.54, 1.807) is 19.0 Å². The minimum absolute atomic E-state index is 0.0224. The molecule has 1 saturated carbocycles. The molecular weight excluding hydrogens is 332 g/mol. The smallest absolute Gasteiger partial charge is 0.241 e. The molecule has 0 aliphatic heterocycles. The van der Waals surface area contributed by atoms with Crippen molar-refractivity contribution in [1.29, 1.82) is 0 Å². The molecule has 114 valence electrons. The summed E-state index contributed by atoms with van der Waals surface area (Å²) in [6.07, 6.45) is 0.877. The van der Waals surface area contributed by atoms with Gasteiger partial charge in [-0.25, -0.2) is 0 Å². The minimum Gasteiger partial charge on any atom is -0.347 e. The summed E-state index contributed by atoms with van der Waals surface area (Å²) in [5, 5.41) is 0. The average Bonchev–Trinajstić information content (AvgIpc) is 3.24. The van der Waals surface area contributed by atoms with E-state index in [0.717, 1.165) is 10.9 Å². The highest BCUT2D eigenvalue weighted by Crippen LogP contribution is 2.48. The lowest BCUT2D eigenvalue weighted by molar-refractivity contribution is -0.139. The number of nitrogens with zero attached hydrogens (tertiary/aromatic N) is 2. The highest BCUT2D eigenvalue weighted by molar-refractivity contribution is 9.10. The predicted molar refractivity (Wildman–Crippen MR) is 85.9 cm³/mol. The lowest BCUT2D eigenvalue weighted by Gasteiger charge is -2.22. The largest absolute Gasteiger partial charge is 0.347 e. The van der Waals surface area contributed by atoms with Gasteiger partial charge in [-0.3, -0.25) is 9.59 Å². The molecule has 0 aromatic heterocycles. The standard InChI is InChI=1S/C16H21BrN2O2/c1-4-19(10-15(20)18(2)3)16(21)14-9-13(14)11-6-5-7-12(17)8-11/h5-8,13-14H,4,9-10H2,1-3H3/t13-,14+/m1/s1. The molecule has 2 amide bonds. The number of carbonyl (C=O) groups is 2. The van der Waals surface area contributed by atoms with Crippen molar-refractivity contribution < 1.29 is 9.59 Å². The summed E-state index contributed by atoms with van der Waals surface area (Å²) in [4.78, 5) is 27.5. The Morgan fingerprint density at radius 2 is 2.05 bits per heavy atom. The summed E-state index contributed by atoms with van der Waals surface area (Å²) in [5.74, 6) is 0.371. The van der Waals surface area contributed by atoms with Gasteiger partial charge in [-0.1, -0.05) is 28.1 Å². The van der Waals surface area contributed by atoms with Crippen LogP contribution in [0.4, 0.5) is 0 Å². The van der Waals surface area contributed by atoms with Crippen LogP contribution in [0.2, 0.25) is 0 Å². The summed E-state index contributed by atoms with van der Waals surface area (Å²) in [7, 11) is 3.42. The van der Waals surface area contributed by atoms with Crippen LogP contribution in [0.3, 0.4) is 0 Å². The Hall–Kier alpha value is -1.36. The van der Waals surface area contributed by atoms with Gasteiger partial charge in [-0.2, -0.15) is 0 Å². The van der Waals surface area contributed by atoms with Crippen molar-refractivity contribution in [3.63, 3.8) is 0 Å². The second-order valence-electron chi connectivity index (χ2n) is 5.64. The first-order chi connectivity index (χ1) is 9.93. The topological polar surface area (TPSA) is 40.6 Å². The number of carbonyl (C=O) groups excluding carboxylic acids is 2. The van der Waals surface area contributed by atoms with Crippen molar-refractivity contribution in [2.75, 3.05) is 27.2 Å². The van der Waals surface area contributed by atoms with Gasteiger partial charge in [0.25, 0.3) is 0 Å². The zero-order valence-electron chi connectivity index (χ0n) is 12.7. The summed E-state index contributed by atoms with van der Waals surface area (Å²) in [5.41, 5.74) is 1.19. The van der Waals surface area contributed by atoms with E-state index < -0.39 is 0 Å². The summed E-state index contributed by atoms with van der Waals surface area (Å²) >= 11 is 3.46. The van der Waals surface area contributed by atoms with Crippen molar-refractivity contribution in [3.8, 4) is 0 Å². The molecule has 1 aliphatic rings. The van der Waals surface area contributed by atoms with Gasteiger partial charge in [0.05, 0.1) is 6.54 Å². The Bertz CT molecular complexity index is 545. The number of benzene rings is 1. The Morgan fingerprint density at radius 3 is 2.62 bits per heavy atom. The number of rotatable bonds is 5. The van der Waals surface area contributed by atoms with E-state index in [1.807, 2.05) is 19.1 Å². The molecule has 0 unspecified atom stereocenters. The predicted octanol–water partition coefficient (Wildman–Crippen LogP) is 2.49. The highest BCUT2D eigenvalue weighted by atomic mass is 79.9. The first kappa shape index (κ1) is 16.0. The summed E-state index contributed by atoms with van der Waals surface area (Å²) in [6, 6.07) is 8.10. The zero-order chi connectivity index (χ0) is 15.6. The van der Waals surface area contributed by atoms with Crippen molar-refractivity contribution in [2.24, 2.45) is 5.92 Å². The van der Waals surface area contributed by atoms with Gasteiger partial charge in [0.2, 0.25) is 11.8 Å². The Labute approximate surface area is 134 Å². The molecule has 0 radical (unpaired) electrons. The van der Waals surface area contributed by atoms with Gasteiger partial charge >= 0.3 is 0 Å². The van der Waals surface area contributed by atoms with Crippen LogP contribution in [0.5, 0.6) is 0 Å². The maximum absolute atomic E-state index is 12.5. The number of amides is 2. The van der Waals surface area contributed by atoms with Gasteiger partial charge in [-0.05, 0) is 37.0 Å². The first-order valence-corrected chi connectivity index (χ1v) is 7.97. The molecule has 0 heterocycles. The quantitative estimate of drug-likeness (QED) is 0.816. The Kier molecular flexibility index (Phi) is 5.04. The first-order valence-electron chi connectivity index (χ1n) is 7.18. The molecular formula is C16H21BrN2O2. The van der Waals surface area contributed by atoms with Crippen LogP contribution in [-0.2, 0) is 9.59 Å². The summed E-state index contributed by atoms with van der Waals surface area (Å²) in [6.45, 7) is 2.65. The maximum Gasteiger partial charge on any atom is 0.241 e. The maximum atomic E-state index is 12.5. The Morgan fingerprint density at radius 1 is 1.33 bits per heavy atom. The number of hydrogen-bond acceptors (Lipinski definition) is 2. The zero-order valence-corrected chi connectivity index (χ0v) is 14.3. The van der Waals surface area contributed by atoms with E-state index in [2.05, 4.69) is 28.1 Å². The normalized spacial score (nSPS) is 20.0. The minimum atomic E-state index is -0.0372. The van der Waals surface area contributed by atoms with E-state index in [-0.39, 0.29) is 24.3 Å². The van der Waals surface area contributed by atoms with Gasteiger partial charge in [-0.15, -0.1) is 0 Å². The van der Waals surface area contributed by atoms with Crippen molar-refractivity contribution in [2.45, 2.75) is 19.3 Å². The van der Waals surface area contributed by atoms with Gasteiger partial charge < -0.3 is 9.80 Å². The molecule has 21 heavy (non-hydrogen) atoms. The van der Waals surface area contributed by atoms with Crippen molar-refractivity contribution in [1.82, 2.24) is 9.80 Å². The highest BCUT2D eigenvalue weighted by Gasteiger charge is 2.45. The molecule has 1 aromatic rings. The molecule has 0 saturated heterocycles. The van der Waals surface area contributed by atoms with Crippen molar-refractivity contribution >= 4 is 27.7 Å². The van der Waals surface area contributed by atoms with E-state index in [4.69, 9.17) is 0 Å². The second kappa shape index (κ2) is 6.60. The van der Waals surface area contributed by atoms with Crippen LogP contribution >= 0.6 is 15.9 Å². The van der Waals surface area contributed by atoms with Crippen LogP contribution in [-0.4, -0.2) is 48.8 Å². The van der Waals surface area contributed by atoms with Crippen LogP contribution in [0.25, 0.3) is 0 Å². The fourth-order valence-electron chi connectivity index (χ4n) is 2.46. The molecule has 1 aromatic carbocycles. The van der Waals surface area contributed by atoms with E-state index in [0.29, 0.717) is 12.5 Å². The molecule has 0 bridgehead atoms. The van der Waals surface area contributed by atoms with Crippen molar-refractivity contribution in [3.05, 3.63) is 34.3 Å². The fourth-order valence-corrected chi connectivity index (χ4v) is 2.88. The van der Waals surface area contributed by atoms with Gasteiger partial charge in [0.15, 0.2) is 0 Å². The van der Waals surface area contributed by atoms with E-state index in [1.165, 1.54) is 10.5 Å². The molecule has 5 heteroatoms. The van der Waals surface area contributed by atoms with E-state index >= 15 is 0 Å². The average molecular weight is 353 g/mol. The molecule has 1 aliphatic carbocycles. The third kappa shape index (κ3) is 3.84. The number of likely N-dealkylation sites (N-methyl/N-ethyl adjacent to an activating group) is 2. The molecule has 2 atom stereocenters. The molecule has 4 nitrogen and oxygen atoms in total. The summed E-state index contributed by atoms with van der Waals surface area (Å²) < 4.78 is 1.04.